The molecular formula is C22H29BrN2O4. The lowest BCUT2D eigenvalue weighted by molar-refractivity contribution is -0.123. The summed E-state index contributed by atoms with van der Waals surface area (Å²) in [7, 11) is 1.57. The fourth-order valence-corrected chi connectivity index (χ4v) is 3.23. The van der Waals surface area contributed by atoms with Crippen LogP contribution in [-0.4, -0.2) is 43.9 Å². The van der Waals surface area contributed by atoms with Gasteiger partial charge in [0.05, 0.1) is 13.7 Å². The number of benzene rings is 2. The zero-order valence-corrected chi connectivity index (χ0v) is 18.5. The van der Waals surface area contributed by atoms with E-state index in [4.69, 9.17) is 9.47 Å². The van der Waals surface area contributed by atoms with Crippen LogP contribution in [0.25, 0.3) is 0 Å². The van der Waals surface area contributed by atoms with Gasteiger partial charge in [0.15, 0.2) is 18.1 Å². The van der Waals surface area contributed by atoms with E-state index in [0.717, 1.165) is 22.9 Å². The predicted molar refractivity (Wildman–Crippen MR) is 117 cm³/mol. The molecule has 1 amide bonds. The second-order valence-corrected chi connectivity index (χ2v) is 7.49. The van der Waals surface area contributed by atoms with Gasteiger partial charge in [0.2, 0.25) is 0 Å². The summed E-state index contributed by atoms with van der Waals surface area (Å²) in [4.78, 5) is 12.1. The van der Waals surface area contributed by atoms with Crippen LogP contribution in [0.2, 0.25) is 0 Å². The monoisotopic (exact) mass is 464 g/mol. The predicted octanol–water partition coefficient (Wildman–Crippen LogP) is 3.06. The minimum absolute atomic E-state index is 0.0448. The van der Waals surface area contributed by atoms with Crippen LogP contribution in [0.5, 0.6) is 11.5 Å². The molecule has 1 atom stereocenters. The van der Waals surface area contributed by atoms with Gasteiger partial charge in [-0.05, 0) is 36.1 Å². The lowest BCUT2D eigenvalue weighted by atomic mass is 10.1. The maximum atomic E-state index is 12.1. The second kappa shape index (κ2) is 12.5. The quantitative estimate of drug-likeness (QED) is 0.449. The maximum absolute atomic E-state index is 12.1. The Morgan fingerprint density at radius 3 is 2.62 bits per heavy atom. The number of hydrogen-bond donors (Lipinski definition) is 3. The number of carbonyl (C=O) groups excluding carboxylic acids is 1. The minimum Gasteiger partial charge on any atom is -0.493 e. The molecule has 6 nitrogen and oxygen atoms in total. The SMILES string of the molecule is CC[C@@H](CO)NCc1cc(OC)c(OCC(=O)NCCc2ccccc2)cc1Br. The summed E-state index contributed by atoms with van der Waals surface area (Å²) in [6.07, 6.45) is 1.61. The lowest BCUT2D eigenvalue weighted by Gasteiger charge is -2.17. The molecule has 29 heavy (non-hydrogen) atoms. The smallest absolute Gasteiger partial charge is 0.257 e. The van der Waals surface area contributed by atoms with Crippen LogP contribution in [0, 0.1) is 0 Å². The van der Waals surface area contributed by atoms with Gasteiger partial charge in [-0.25, -0.2) is 0 Å². The molecular weight excluding hydrogens is 436 g/mol. The van der Waals surface area contributed by atoms with Crippen LogP contribution in [0.1, 0.15) is 24.5 Å². The van der Waals surface area contributed by atoms with Crippen molar-refractivity contribution in [2.75, 3.05) is 26.9 Å². The molecule has 0 aliphatic heterocycles. The number of hydrogen-bond acceptors (Lipinski definition) is 5. The van der Waals surface area contributed by atoms with E-state index in [1.807, 2.05) is 43.3 Å². The molecule has 0 spiro atoms. The first kappa shape index (κ1) is 23.2. The average Bonchev–Trinajstić information content (AvgIpc) is 2.74. The fraction of sp³-hybridized carbons (Fsp3) is 0.409. The third-order valence-electron chi connectivity index (χ3n) is 4.56. The van der Waals surface area contributed by atoms with Crippen molar-refractivity contribution in [3.8, 4) is 11.5 Å². The van der Waals surface area contributed by atoms with E-state index in [1.165, 1.54) is 5.56 Å². The summed E-state index contributed by atoms with van der Waals surface area (Å²) >= 11 is 3.54. The van der Waals surface area contributed by atoms with Crippen LogP contribution < -0.4 is 20.1 Å². The first-order valence-corrected chi connectivity index (χ1v) is 10.5. The molecule has 158 valence electrons. The molecule has 0 aliphatic rings. The molecule has 0 fully saturated rings. The van der Waals surface area contributed by atoms with Gasteiger partial charge in [0.1, 0.15) is 0 Å². The van der Waals surface area contributed by atoms with Crippen molar-refractivity contribution in [1.82, 2.24) is 10.6 Å². The molecule has 0 radical (unpaired) electrons. The Balaban J connectivity index is 1.87. The number of amides is 1. The number of carbonyl (C=O) groups is 1. The van der Waals surface area contributed by atoms with Crippen molar-refractivity contribution >= 4 is 21.8 Å². The molecule has 0 saturated carbocycles. The summed E-state index contributed by atoms with van der Waals surface area (Å²) in [5.74, 6) is 0.869. The molecule has 2 aromatic rings. The van der Waals surface area contributed by atoms with Gasteiger partial charge in [-0.3, -0.25) is 4.79 Å². The lowest BCUT2D eigenvalue weighted by Crippen LogP contribution is -2.31. The van der Waals surface area contributed by atoms with Crippen LogP contribution in [-0.2, 0) is 17.8 Å². The highest BCUT2D eigenvalue weighted by Crippen LogP contribution is 2.33. The van der Waals surface area contributed by atoms with Crippen molar-refractivity contribution < 1.29 is 19.4 Å². The van der Waals surface area contributed by atoms with Gasteiger partial charge >= 0.3 is 0 Å². The van der Waals surface area contributed by atoms with Crippen molar-refractivity contribution in [3.05, 3.63) is 58.1 Å². The summed E-state index contributed by atoms with van der Waals surface area (Å²) in [6, 6.07) is 13.7. The van der Waals surface area contributed by atoms with Gasteiger partial charge < -0.3 is 25.2 Å². The molecule has 0 bridgehead atoms. The molecule has 3 N–H and O–H groups in total. The van der Waals surface area contributed by atoms with Crippen LogP contribution in [0.4, 0.5) is 0 Å². The summed E-state index contributed by atoms with van der Waals surface area (Å²) in [5.41, 5.74) is 2.16. The molecule has 7 heteroatoms. The van der Waals surface area contributed by atoms with Gasteiger partial charge in [0, 0.05) is 23.6 Å². The van der Waals surface area contributed by atoms with E-state index in [2.05, 4.69) is 26.6 Å². The summed E-state index contributed by atoms with van der Waals surface area (Å²) in [6.45, 7) is 3.16. The molecule has 0 heterocycles. The van der Waals surface area contributed by atoms with Crippen molar-refractivity contribution in [2.45, 2.75) is 32.4 Å². The molecule has 0 aromatic heterocycles. The van der Waals surface area contributed by atoms with Crippen LogP contribution >= 0.6 is 15.9 Å². The largest absolute Gasteiger partial charge is 0.493 e. The van der Waals surface area contributed by atoms with Gasteiger partial charge in [-0.1, -0.05) is 53.2 Å². The summed E-state index contributed by atoms with van der Waals surface area (Å²) < 4.78 is 11.9. The Kier molecular flexibility index (Phi) is 9.97. The van der Waals surface area contributed by atoms with E-state index in [-0.39, 0.29) is 25.2 Å². The Bertz CT molecular complexity index is 767. The number of rotatable bonds is 12. The number of aliphatic hydroxyl groups excluding tert-OH is 1. The maximum Gasteiger partial charge on any atom is 0.257 e. The highest BCUT2D eigenvalue weighted by atomic mass is 79.9. The first-order chi connectivity index (χ1) is 14.1. The topological polar surface area (TPSA) is 79.8 Å². The average molecular weight is 465 g/mol. The number of ether oxygens (including phenoxy) is 2. The standard InChI is InChI=1S/C22H29BrN2O4/c1-3-18(14-26)25-13-17-11-20(28-2)21(12-19(17)23)29-15-22(27)24-10-9-16-7-5-4-6-8-16/h4-8,11-12,18,25-26H,3,9-10,13-15H2,1-2H3,(H,24,27)/t18-/m0/s1. The number of aliphatic hydroxyl groups is 1. The highest BCUT2D eigenvalue weighted by Gasteiger charge is 2.13. The Labute approximate surface area is 180 Å². The second-order valence-electron chi connectivity index (χ2n) is 6.64. The van der Waals surface area contributed by atoms with Crippen molar-refractivity contribution in [3.63, 3.8) is 0 Å². The minimum atomic E-state index is -0.182. The fourth-order valence-electron chi connectivity index (χ4n) is 2.76. The Morgan fingerprint density at radius 1 is 1.21 bits per heavy atom. The molecule has 0 saturated heterocycles. The molecule has 2 rings (SSSR count). The van der Waals surface area contributed by atoms with E-state index in [0.29, 0.717) is 24.6 Å². The van der Waals surface area contributed by atoms with Gasteiger partial charge in [0.25, 0.3) is 5.91 Å². The van der Waals surface area contributed by atoms with Crippen molar-refractivity contribution in [2.24, 2.45) is 0 Å². The number of nitrogens with one attached hydrogen (secondary N) is 2. The molecule has 0 aliphatic carbocycles. The number of halogens is 1. The van der Waals surface area contributed by atoms with Crippen molar-refractivity contribution in [1.29, 1.82) is 0 Å². The Morgan fingerprint density at radius 2 is 1.97 bits per heavy atom. The van der Waals surface area contributed by atoms with Crippen LogP contribution in [0.3, 0.4) is 0 Å². The third kappa shape index (κ3) is 7.68. The Hall–Kier alpha value is -2.09. The normalized spacial score (nSPS) is 11.7. The van der Waals surface area contributed by atoms with Gasteiger partial charge in [-0.2, -0.15) is 0 Å². The molecule has 2 aromatic carbocycles. The van der Waals surface area contributed by atoms with E-state index < -0.39 is 0 Å². The van der Waals surface area contributed by atoms with Gasteiger partial charge in [-0.15, -0.1) is 0 Å². The third-order valence-corrected chi connectivity index (χ3v) is 5.30. The van der Waals surface area contributed by atoms with E-state index in [1.54, 1.807) is 13.2 Å². The molecule has 0 unspecified atom stereocenters. The zero-order chi connectivity index (χ0) is 21.1. The van der Waals surface area contributed by atoms with E-state index >= 15 is 0 Å². The van der Waals surface area contributed by atoms with E-state index in [9.17, 15) is 9.90 Å². The summed E-state index contributed by atoms with van der Waals surface area (Å²) in [5, 5.41) is 15.5. The highest BCUT2D eigenvalue weighted by molar-refractivity contribution is 9.10. The first-order valence-electron chi connectivity index (χ1n) is 9.71. The number of methoxy groups -OCH3 is 1. The van der Waals surface area contributed by atoms with Crippen LogP contribution in [0.15, 0.2) is 46.9 Å². The zero-order valence-electron chi connectivity index (χ0n) is 16.9.